The molecule has 26 heavy (non-hydrogen) atoms. The van der Waals surface area contributed by atoms with Gasteiger partial charge in [-0.1, -0.05) is 30.0 Å². The monoisotopic (exact) mass is 372 g/mol. The summed E-state index contributed by atoms with van der Waals surface area (Å²) in [5.41, 5.74) is 1.15. The number of carbonyl (C=O) groups is 1. The number of ether oxygens (including phenoxy) is 1. The standard InChI is InChI=1S/C19H24N4O2S/c1-3-10-23-18(15-7-8-15)21-22-19(23)26-13-17(24)20-9-11-25-16-6-4-5-14(2)12-16/h3-6,12,15H,1,7-11,13H2,2H3,(H,20,24). The zero-order chi connectivity index (χ0) is 18.4. The largest absolute Gasteiger partial charge is 0.492 e. The van der Waals surface area contributed by atoms with E-state index in [9.17, 15) is 4.79 Å². The van der Waals surface area contributed by atoms with Gasteiger partial charge in [-0.25, -0.2) is 0 Å². The number of nitrogens with zero attached hydrogens (tertiary/aromatic N) is 3. The van der Waals surface area contributed by atoms with E-state index in [-0.39, 0.29) is 5.91 Å². The van der Waals surface area contributed by atoms with Crippen LogP contribution in [0.3, 0.4) is 0 Å². The van der Waals surface area contributed by atoms with Gasteiger partial charge in [0.05, 0.1) is 12.3 Å². The van der Waals surface area contributed by atoms with Crippen LogP contribution in [0.15, 0.2) is 42.1 Å². The molecule has 1 aliphatic rings. The second kappa shape index (κ2) is 8.89. The van der Waals surface area contributed by atoms with Gasteiger partial charge in [0.2, 0.25) is 5.91 Å². The van der Waals surface area contributed by atoms with Gasteiger partial charge in [-0.2, -0.15) is 0 Å². The molecule has 1 heterocycles. The number of amides is 1. The number of nitrogens with one attached hydrogen (secondary N) is 1. The van der Waals surface area contributed by atoms with Gasteiger partial charge in [-0.05, 0) is 37.5 Å². The van der Waals surface area contributed by atoms with Crippen molar-refractivity contribution in [2.75, 3.05) is 18.9 Å². The highest BCUT2D eigenvalue weighted by Gasteiger charge is 2.30. The smallest absolute Gasteiger partial charge is 0.230 e. The predicted molar refractivity (Wildman–Crippen MR) is 103 cm³/mol. The van der Waals surface area contributed by atoms with E-state index in [0.29, 0.717) is 31.4 Å². The molecule has 1 aromatic heterocycles. The second-order valence-corrected chi connectivity index (χ2v) is 7.26. The average Bonchev–Trinajstić information content (AvgIpc) is 3.39. The summed E-state index contributed by atoms with van der Waals surface area (Å²) >= 11 is 1.41. The normalized spacial score (nSPS) is 13.4. The summed E-state index contributed by atoms with van der Waals surface area (Å²) in [7, 11) is 0. The molecule has 1 aromatic carbocycles. The van der Waals surface area contributed by atoms with E-state index in [1.165, 1.54) is 24.6 Å². The molecule has 0 atom stereocenters. The summed E-state index contributed by atoms with van der Waals surface area (Å²) < 4.78 is 7.69. The summed E-state index contributed by atoms with van der Waals surface area (Å²) in [6.45, 7) is 7.40. The van der Waals surface area contributed by atoms with Crippen molar-refractivity contribution < 1.29 is 9.53 Å². The molecule has 0 bridgehead atoms. The molecule has 0 saturated heterocycles. The number of hydrogen-bond acceptors (Lipinski definition) is 5. The molecule has 2 aromatic rings. The number of allylic oxidation sites excluding steroid dienone is 1. The summed E-state index contributed by atoms with van der Waals surface area (Å²) in [5.74, 6) is 2.62. The molecular weight excluding hydrogens is 348 g/mol. The van der Waals surface area contributed by atoms with Crippen LogP contribution in [0, 0.1) is 6.92 Å². The number of carbonyl (C=O) groups excluding carboxylic acids is 1. The number of thioether (sulfide) groups is 1. The lowest BCUT2D eigenvalue weighted by molar-refractivity contribution is -0.118. The maximum absolute atomic E-state index is 12.0. The molecule has 1 saturated carbocycles. The first-order valence-electron chi connectivity index (χ1n) is 8.80. The SMILES string of the molecule is C=CCn1c(SCC(=O)NCCOc2cccc(C)c2)nnc1C1CC1. The Bertz CT molecular complexity index is 771. The lowest BCUT2D eigenvalue weighted by Crippen LogP contribution is -2.29. The first-order valence-corrected chi connectivity index (χ1v) is 9.79. The maximum Gasteiger partial charge on any atom is 0.230 e. The minimum Gasteiger partial charge on any atom is -0.492 e. The van der Waals surface area contributed by atoms with Crippen LogP contribution in [0.2, 0.25) is 0 Å². The number of hydrogen-bond donors (Lipinski definition) is 1. The van der Waals surface area contributed by atoms with Crippen molar-refractivity contribution in [1.29, 1.82) is 0 Å². The highest BCUT2D eigenvalue weighted by molar-refractivity contribution is 7.99. The quantitative estimate of drug-likeness (QED) is 0.394. The van der Waals surface area contributed by atoms with Gasteiger partial charge in [0.1, 0.15) is 18.2 Å². The van der Waals surface area contributed by atoms with E-state index < -0.39 is 0 Å². The molecule has 1 N–H and O–H groups in total. The Hall–Kier alpha value is -2.28. The average molecular weight is 372 g/mol. The molecule has 1 aliphatic carbocycles. The minimum atomic E-state index is -0.0380. The molecule has 3 rings (SSSR count). The van der Waals surface area contributed by atoms with Gasteiger partial charge in [0.25, 0.3) is 0 Å². The van der Waals surface area contributed by atoms with Gasteiger partial charge in [-0.15, -0.1) is 16.8 Å². The molecule has 1 amide bonds. The molecule has 1 fully saturated rings. The molecule has 0 unspecified atom stereocenters. The van der Waals surface area contributed by atoms with Crippen LogP contribution in [0.5, 0.6) is 5.75 Å². The second-order valence-electron chi connectivity index (χ2n) is 6.32. The van der Waals surface area contributed by atoms with Gasteiger partial charge < -0.3 is 14.6 Å². The van der Waals surface area contributed by atoms with Crippen LogP contribution in [0.4, 0.5) is 0 Å². The first-order chi connectivity index (χ1) is 12.7. The lowest BCUT2D eigenvalue weighted by Gasteiger charge is -2.09. The molecule has 0 aliphatic heterocycles. The number of rotatable bonds is 10. The fourth-order valence-corrected chi connectivity index (χ4v) is 3.38. The van der Waals surface area contributed by atoms with E-state index >= 15 is 0 Å². The maximum atomic E-state index is 12.0. The van der Waals surface area contributed by atoms with Crippen molar-refractivity contribution >= 4 is 17.7 Å². The molecule has 7 heteroatoms. The first kappa shape index (κ1) is 18.5. The Kier molecular flexibility index (Phi) is 6.33. The lowest BCUT2D eigenvalue weighted by atomic mass is 10.2. The van der Waals surface area contributed by atoms with Crippen LogP contribution < -0.4 is 10.1 Å². The van der Waals surface area contributed by atoms with Crippen molar-refractivity contribution in [3.63, 3.8) is 0 Å². The van der Waals surface area contributed by atoms with E-state index in [0.717, 1.165) is 22.3 Å². The highest BCUT2D eigenvalue weighted by Crippen LogP contribution is 2.40. The molecule has 0 radical (unpaired) electrons. The van der Waals surface area contributed by atoms with Crippen molar-refractivity contribution in [2.24, 2.45) is 0 Å². The van der Waals surface area contributed by atoms with Gasteiger partial charge in [0.15, 0.2) is 5.16 Å². The van der Waals surface area contributed by atoms with Gasteiger partial charge >= 0.3 is 0 Å². The number of aromatic nitrogens is 3. The van der Waals surface area contributed by atoms with E-state index in [4.69, 9.17) is 4.74 Å². The Balaban J connectivity index is 1.41. The molecular formula is C19H24N4O2S. The van der Waals surface area contributed by atoms with Gasteiger partial charge in [-0.3, -0.25) is 4.79 Å². The third-order valence-electron chi connectivity index (χ3n) is 4.01. The topological polar surface area (TPSA) is 69.0 Å². The van der Waals surface area contributed by atoms with Crippen molar-refractivity contribution in [1.82, 2.24) is 20.1 Å². The third kappa shape index (κ3) is 5.11. The summed E-state index contributed by atoms with van der Waals surface area (Å²) in [4.78, 5) is 12.0. The molecule has 138 valence electrons. The van der Waals surface area contributed by atoms with Crippen LogP contribution >= 0.6 is 11.8 Å². The van der Waals surface area contributed by atoms with Crippen LogP contribution in [0.1, 0.15) is 30.1 Å². The summed E-state index contributed by atoms with van der Waals surface area (Å²) in [6, 6.07) is 7.86. The number of benzene rings is 1. The summed E-state index contributed by atoms with van der Waals surface area (Å²) in [6.07, 6.45) is 4.17. The minimum absolute atomic E-state index is 0.0380. The summed E-state index contributed by atoms with van der Waals surface area (Å²) in [5, 5.41) is 12.2. The van der Waals surface area contributed by atoms with Crippen molar-refractivity contribution in [3.8, 4) is 5.75 Å². The highest BCUT2D eigenvalue weighted by atomic mass is 32.2. The van der Waals surface area contributed by atoms with E-state index in [1.54, 1.807) is 0 Å². The Morgan fingerprint density at radius 2 is 2.31 bits per heavy atom. The molecule has 0 spiro atoms. The Morgan fingerprint density at radius 1 is 1.46 bits per heavy atom. The van der Waals surface area contributed by atoms with E-state index in [1.807, 2.05) is 37.3 Å². The number of aryl methyl sites for hydroxylation is 1. The fraction of sp³-hybridized carbons (Fsp3) is 0.421. The molecule has 6 nitrogen and oxygen atoms in total. The zero-order valence-corrected chi connectivity index (χ0v) is 15.8. The van der Waals surface area contributed by atoms with E-state index in [2.05, 4.69) is 26.7 Å². The zero-order valence-electron chi connectivity index (χ0n) is 15.0. The van der Waals surface area contributed by atoms with Crippen LogP contribution in [-0.2, 0) is 11.3 Å². The third-order valence-corrected chi connectivity index (χ3v) is 4.98. The predicted octanol–water partition coefficient (Wildman–Crippen LogP) is 2.94. The Labute approximate surface area is 158 Å². The van der Waals surface area contributed by atoms with Crippen molar-refractivity contribution in [3.05, 3.63) is 48.3 Å². The fourth-order valence-electron chi connectivity index (χ4n) is 2.60. The van der Waals surface area contributed by atoms with Crippen LogP contribution in [-0.4, -0.2) is 39.6 Å². The Morgan fingerprint density at radius 3 is 3.04 bits per heavy atom. The van der Waals surface area contributed by atoms with Crippen LogP contribution in [0.25, 0.3) is 0 Å². The van der Waals surface area contributed by atoms with Gasteiger partial charge in [0, 0.05) is 12.5 Å². The van der Waals surface area contributed by atoms with Crippen molar-refractivity contribution in [2.45, 2.75) is 37.4 Å².